The van der Waals surface area contributed by atoms with Crippen LogP contribution in [0.1, 0.15) is 32.6 Å². The molecule has 4 nitrogen and oxygen atoms in total. The van der Waals surface area contributed by atoms with Gasteiger partial charge < -0.3 is 10.0 Å². The lowest BCUT2D eigenvalue weighted by Gasteiger charge is -2.32. The zero-order chi connectivity index (χ0) is 13.1. The third kappa shape index (κ3) is 2.99. The molecule has 2 rings (SSSR count). The Bertz CT molecular complexity index is 334. The maximum Gasteiger partial charge on any atom is 0.313 e. The van der Waals surface area contributed by atoms with Crippen molar-refractivity contribution < 1.29 is 14.7 Å². The summed E-state index contributed by atoms with van der Waals surface area (Å²) in [5.74, 6) is 0.877. The Hall–Kier alpha value is -0.710. The minimum Gasteiger partial charge on any atom is -0.481 e. The van der Waals surface area contributed by atoms with E-state index in [1.54, 1.807) is 0 Å². The third-order valence-electron chi connectivity index (χ3n) is 4.17. The molecule has 0 aromatic heterocycles. The predicted octanol–water partition coefficient (Wildman–Crippen LogP) is 1.84. The highest BCUT2D eigenvalue weighted by Crippen LogP contribution is 2.39. The molecule has 2 aliphatic rings. The van der Waals surface area contributed by atoms with Gasteiger partial charge in [0.25, 0.3) is 0 Å². The van der Waals surface area contributed by atoms with Gasteiger partial charge in [-0.05, 0) is 24.7 Å². The molecule has 0 aromatic rings. The molecule has 2 fully saturated rings. The molecule has 3 atom stereocenters. The van der Waals surface area contributed by atoms with Crippen molar-refractivity contribution >= 4 is 23.6 Å². The lowest BCUT2D eigenvalue weighted by Crippen LogP contribution is -2.40. The monoisotopic (exact) mass is 271 g/mol. The second-order valence-electron chi connectivity index (χ2n) is 5.43. The van der Waals surface area contributed by atoms with Crippen LogP contribution in [0.2, 0.25) is 0 Å². The van der Waals surface area contributed by atoms with Crippen LogP contribution in [0.15, 0.2) is 0 Å². The molecule has 1 amide bonds. The molecule has 1 saturated heterocycles. The molecule has 1 saturated carbocycles. The van der Waals surface area contributed by atoms with Crippen molar-refractivity contribution in [2.45, 2.75) is 38.6 Å². The van der Waals surface area contributed by atoms with E-state index < -0.39 is 5.97 Å². The Morgan fingerprint density at radius 1 is 1.28 bits per heavy atom. The second kappa shape index (κ2) is 5.95. The van der Waals surface area contributed by atoms with Crippen molar-refractivity contribution in [1.82, 2.24) is 4.90 Å². The first-order valence-corrected chi connectivity index (χ1v) is 7.84. The first-order chi connectivity index (χ1) is 8.59. The number of amides is 1. The SMILES string of the molecule is CC1CN(C(=O)CSCC(=O)O)C2CCCCC12. The quantitative estimate of drug-likeness (QED) is 0.847. The number of hydrogen-bond donors (Lipinski definition) is 1. The molecule has 0 radical (unpaired) electrons. The number of thioether (sulfide) groups is 1. The van der Waals surface area contributed by atoms with Gasteiger partial charge in [0.1, 0.15) is 0 Å². The van der Waals surface area contributed by atoms with Crippen LogP contribution in [0.4, 0.5) is 0 Å². The van der Waals surface area contributed by atoms with Crippen LogP contribution in [0, 0.1) is 11.8 Å². The molecule has 5 heteroatoms. The summed E-state index contributed by atoms with van der Waals surface area (Å²) in [6.07, 6.45) is 4.89. The zero-order valence-electron chi connectivity index (χ0n) is 10.8. The van der Waals surface area contributed by atoms with Gasteiger partial charge >= 0.3 is 5.97 Å². The summed E-state index contributed by atoms with van der Waals surface area (Å²) in [4.78, 5) is 24.6. The highest BCUT2D eigenvalue weighted by atomic mass is 32.2. The van der Waals surface area contributed by atoms with Crippen LogP contribution in [-0.4, -0.2) is 46.0 Å². The summed E-state index contributed by atoms with van der Waals surface area (Å²) in [7, 11) is 0. The van der Waals surface area contributed by atoms with Crippen LogP contribution in [0.3, 0.4) is 0 Å². The molecular weight excluding hydrogens is 250 g/mol. The van der Waals surface area contributed by atoms with Gasteiger partial charge in [-0.1, -0.05) is 19.8 Å². The molecule has 1 heterocycles. The topological polar surface area (TPSA) is 57.6 Å². The summed E-state index contributed by atoms with van der Waals surface area (Å²) in [6, 6.07) is 0.423. The van der Waals surface area contributed by atoms with E-state index in [1.807, 2.05) is 4.90 Å². The summed E-state index contributed by atoms with van der Waals surface area (Å²) in [6.45, 7) is 3.10. The standard InChI is InChI=1S/C13H21NO3S/c1-9-6-14(11-5-3-2-4-10(9)11)12(15)7-18-8-13(16)17/h9-11H,2-8H2,1H3,(H,16,17). The van der Waals surface area contributed by atoms with E-state index in [9.17, 15) is 9.59 Å². The number of carboxylic acids is 1. The number of hydrogen-bond acceptors (Lipinski definition) is 3. The Morgan fingerprint density at radius 3 is 2.72 bits per heavy atom. The van der Waals surface area contributed by atoms with Gasteiger partial charge in [0.2, 0.25) is 5.91 Å². The van der Waals surface area contributed by atoms with E-state index in [1.165, 1.54) is 31.0 Å². The van der Waals surface area contributed by atoms with Crippen molar-refractivity contribution in [2.24, 2.45) is 11.8 Å². The largest absolute Gasteiger partial charge is 0.481 e. The number of likely N-dealkylation sites (tertiary alicyclic amines) is 1. The minimum atomic E-state index is -0.849. The molecule has 0 bridgehead atoms. The fourth-order valence-corrected chi connectivity index (χ4v) is 3.98. The van der Waals surface area contributed by atoms with Crippen molar-refractivity contribution in [1.29, 1.82) is 0 Å². The Balaban J connectivity index is 1.88. The second-order valence-corrected chi connectivity index (χ2v) is 6.41. The van der Waals surface area contributed by atoms with Gasteiger partial charge in [-0.15, -0.1) is 11.8 Å². The molecule has 0 aromatic carbocycles. The van der Waals surface area contributed by atoms with Crippen molar-refractivity contribution in [3.05, 3.63) is 0 Å². The van der Waals surface area contributed by atoms with Crippen LogP contribution >= 0.6 is 11.8 Å². The number of rotatable bonds is 4. The molecule has 102 valence electrons. The maximum absolute atomic E-state index is 12.1. The van der Waals surface area contributed by atoms with Crippen LogP contribution in [0.25, 0.3) is 0 Å². The smallest absolute Gasteiger partial charge is 0.313 e. The maximum atomic E-state index is 12.1. The molecule has 1 aliphatic heterocycles. The average molecular weight is 271 g/mol. The van der Waals surface area contributed by atoms with Gasteiger partial charge in [0.05, 0.1) is 11.5 Å². The van der Waals surface area contributed by atoms with Gasteiger partial charge in [-0.3, -0.25) is 9.59 Å². The van der Waals surface area contributed by atoms with Crippen molar-refractivity contribution in [2.75, 3.05) is 18.1 Å². The Morgan fingerprint density at radius 2 is 2.00 bits per heavy atom. The molecule has 1 aliphatic carbocycles. The van der Waals surface area contributed by atoms with E-state index in [4.69, 9.17) is 5.11 Å². The minimum absolute atomic E-state index is 0.0171. The highest BCUT2D eigenvalue weighted by molar-refractivity contribution is 8.00. The summed E-state index contributed by atoms with van der Waals surface area (Å²) in [5, 5.41) is 8.58. The summed E-state index contributed by atoms with van der Waals surface area (Å²) in [5.41, 5.74) is 0. The number of carboxylic acid groups (broad SMARTS) is 1. The lowest BCUT2D eigenvalue weighted by atomic mass is 9.80. The predicted molar refractivity (Wildman–Crippen MR) is 71.6 cm³/mol. The molecular formula is C13H21NO3S. The highest BCUT2D eigenvalue weighted by Gasteiger charge is 2.42. The van der Waals surface area contributed by atoms with Gasteiger partial charge in [0, 0.05) is 12.6 Å². The van der Waals surface area contributed by atoms with E-state index in [2.05, 4.69) is 6.92 Å². The van der Waals surface area contributed by atoms with Crippen LogP contribution in [0.5, 0.6) is 0 Å². The number of carbonyl (C=O) groups is 2. The zero-order valence-corrected chi connectivity index (χ0v) is 11.6. The summed E-state index contributed by atoms with van der Waals surface area (Å²) < 4.78 is 0. The Labute approximate surface area is 112 Å². The third-order valence-corrected chi connectivity index (χ3v) is 5.07. The van der Waals surface area contributed by atoms with Gasteiger partial charge in [-0.25, -0.2) is 0 Å². The van der Waals surface area contributed by atoms with Crippen LogP contribution < -0.4 is 0 Å². The molecule has 3 unspecified atom stereocenters. The molecule has 0 spiro atoms. The van der Waals surface area contributed by atoms with E-state index >= 15 is 0 Å². The van der Waals surface area contributed by atoms with E-state index in [0.717, 1.165) is 13.0 Å². The lowest BCUT2D eigenvalue weighted by molar-refractivity contribution is -0.133. The Kier molecular flexibility index (Phi) is 4.54. The van der Waals surface area contributed by atoms with Crippen LogP contribution in [-0.2, 0) is 9.59 Å². The van der Waals surface area contributed by atoms with E-state index in [0.29, 0.717) is 23.6 Å². The first-order valence-electron chi connectivity index (χ1n) is 6.68. The number of carbonyl (C=O) groups excluding carboxylic acids is 1. The summed E-state index contributed by atoms with van der Waals surface area (Å²) >= 11 is 1.21. The van der Waals surface area contributed by atoms with Crippen molar-refractivity contribution in [3.63, 3.8) is 0 Å². The number of aliphatic carboxylic acids is 1. The fraction of sp³-hybridized carbons (Fsp3) is 0.846. The molecule has 18 heavy (non-hydrogen) atoms. The number of nitrogens with zero attached hydrogens (tertiary/aromatic N) is 1. The van der Waals surface area contributed by atoms with Crippen molar-refractivity contribution in [3.8, 4) is 0 Å². The first kappa shape index (κ1) is 13.7. The van der Waals surface area contributed by atoms with E-state index in [-0.39, 0.29) is 11.7 Å². The fourth-order valence-electron chi connectivity index (χ4n) is 3.37. The average Bonchev–Trinajstić information content (AvgIpc) is 2.67. The van der Waals surface area contributed by atoms with Gasteiger partial charge in [-0.2, -0.15) is 0 Å². The number of fused-ring (bicyclic) bond motifs is 1. The van der Waals surface area contributed by atoms with Gasteiger partial charge in [0.15, 0.2) is 0 Å². The molecule has 1 N–H and O–H groups in total. The normalized spacial score (nSPS) is 31.2.